The van der Waals surface area contributed by atoms with Crippen LogP contribution in [0.5, 0.6) is 0 Å². The lowest BCUT2D eigenvalue weighted by molar-refractivity contribution is -0.172. The molecule has 0 aromatic heterocycles. The van der Waals surface area contributed by atoms with Crippen molar-refractivity contribution in [3.8, 4) is 0 Å². The van der Waals surface area contributed by atoms with Crippen LogP contribution in [0.25, 0.3) is 0 Å². The maximum absolute atomic E-state index is 12.2. The average molecular weight is 195 g/mol. The summed E-state index contributed by atoms with van der Waals surface area (Å²) < 4.78 is 36.5. The zero-order valence-electron chi connectivity index (χ0n) is 7.82. The summed E-state index contributed by atoms with van der Waals surface area (Å²) in [5.41, 5.74) is 0. The summed E-state index contributed by atoms with van der Waals surface area (Å²) in [6.45, 7) is 2.13. The minimum atomic E-state index is -4.03. The summed E-state index contributed by atoms with van der Waals surface area (Å²) in [4.78, 5) is 0. The normalized spacial score (nSPS) is 27.2. The Bertz CT molecular complexity index is 149. The molecule has 0 aromatic rings. The van der Waals surface area contributed by atoms with Crippen LogP contribution in [0.3, 0.4) is 0 Å². The van der Waals surface area contributed by atoms with Crippen LogP contribution in [0.4, 0.5) is 13.2 Å². The lowest BCUT2D eigenvalue weighted by Crippen LogP contribution is -2.37. The second kappa shape index (κ2) is 4.31. The number of halogens is 3. The topological polar surface area (TPSA) is 12.0 Å². The molecule has 2 atom stereocenters. The smallest absolute Gasteiger partial charge is 0.314 e. The molecule has 1 saturated heterocycles. The first-order valence-electron chi connectivity index (χ1n) is 4.80. The van der Waals surface area contributed by atoms with Gasteiger partial charge in [-0.15, -0.1) is 0 Å². The van der Waals surface area contributed by atoms with Crippen LogP contribution in [0, 0.1) is 5.92 Å². The standard InChI is InChI=1S/C9H16F3N/c1-7(9(10,11)12)6-8-4-2-3-5-13-8/h7-8,13H,2-6H2,1H3. The van der Waals surface area contributed by atoms with Crippen molar-refractivity contribution in [3.63, 3.8) is 0 Å². The molecule has 1 nitrogen and oxygen atoms in total. The van der Waals surface area contributed by atoms with E-state index in [2.05, 4.69) is 5.32 Å². The molecular weight excluding hydrogens is 179 g/mol. The lowest BCUT2D eigenvalue weighted by Gasteiger charge is -2.27. The third kappa shape index (κ3) is 3.55. The van der Waals surface area contributed by atoms with E-state index in [0.717, 1.165) is 25.8 Å². The van der Waals surface area contributed by atoms with Gasteiger partial charge in [0, 0.05) is 6.04 Å². The van der Waals surface area contributed by atoms with E-state index in [1.807, 2.05) is 0 Å². The number of alkyl halides is 3. The Labute approximate surface area is 76.7 Å². The van der Waals surface area contributed by atoms with E-state index >= 15 is 0 Å². The van der Waals surface area contributed by atoms with Gasteiger partial charge < -0.3 is 5.32 Å². The van der Waals surface area contributed by atoms with Crippen LogP contribution >= 0.6 is 0 Å². The van der Waals surface area contributed by atoms with Gasteiger partial charge in [0.2, 0.25) is 0 Å². The van der Waals surface area contributed by atoms with Gasteiger partial charge in [-0.1, -0.05) is 13.3 Å². The Morgan fingerprint density at radius 3 is 2.54 bits per heavy atom. The molecule has 1 rings (SSSR count). The van der Waals surface area contributed by atoms with Gasteiger partial charge in [0.1, 0.15) is 0 Å². The number of hydrogen-bond donors (Lipinski definition) is 1. The van der Waals surface area contributed by atoms with Crippen LogP contribution in [-0.2, 0) is 0 Å². The molecule has 4 heteroatoms. The number of piperidine rings is 1. The molecule has 13 heavy (non-hydrogen) atoms. The van der Waals surface area contributed by atoms with E-state index in [1.54, 1.807) is 0 Å². The van der Waals surface area contributed by atoms with Crippen molar-refractivity contribution < 1.29 is 13.2 Å². The molecule has 1 N–H and O–H groups in total. The summed E-state index contributed by atoms with van der Waals surface area (Å²) in [6, 6.07) is 0.0744. The predicted molar refractivity (Wildman–Crippen MR) is 45.5 cm³/mol. The lowest BCUT2D eigenvalue weighted by atomic mass is 9.95. The molecule has 0 saturated carbocycles. The zero-order chi connectivity index (χ0) is 9.90. The summed E-state index contributed by atoms with van der Waals surface area (Å²) >= 11 is 0. The first-order valence-corrected chi connectivity index (χ1v) is 4.80. The Balaban J connectivity index is 2.30. The Kier molecular flexibility index (Phi) is 3.59. The summed E-state index contributed by atoms with van der Waals surface area (Å²) in [5.74, 6) is -1.18. The SMILES string of the molecule is CC(CC1CCCCN1)C(F)(F)F. The second-order valence-electron chi connectivity index (χ2n) is 3.83. The highest BCUT2D eigenvalue weighted by molar-refractivity contribution is 4.76. The van der Waals surface area contributed by atoms with Crippen molar-refractivity contribution >= 4 is 0 Å². The third-order valence-corrected chi connectivity index (χ3v) is 2.61. The Morgan fingerprint density at radius 2 is 2.08 bits per heavy atom. The van der Waals surface area contributed by atoms with Gasteiger partial charge >= 0.3 is 6.18 Å². The molecular formula is C9H16F3N. The van der Waals surface area contributed by atoms with Crippen molar-refractivity contribution in [2.24, 2.45) is 5.92 Å². The molecule has 0 amide bonds. The molecule has 2 unspecified atom stereocenters. The maximum atomic E-state index is 12.2. The maximum Gasteiger partial charge on any atom is 0.391 e. The number of nitrogens with one attached hydrogen (secondary N) is 1. The van der Waals surface area contributed by atoms with Gasteiger partial charge in [-0.25, -0.2) is 0 Å². The fraction of sp³-hybridized carbons (Fsp3) is 1.00. The van der Waals surface area contributed by atoms with Gasteiger partial charge in [-0.3, -0.25) is 0 Å². The van der Waals surface area contributed by atoms with E-state index in [0.29, 0.717) is 0 Å². The molecule has 1 aliphatic rings. The Hall–Kier alpha value is -0.250. The molecule has 1 fully saturated rings. The van der Waals surface area contributed by atoms with E-state index in [4.69, 9.17) is 0 Å². The van der Waals surface area contributed by atoms with E-state index in [1.165, 1.54) is 6.92 Å². The van der Waals surface area contributed by atoms with Gasteiger partial charge in [0.05, 0.1) is 5.92 Å². The molecule has 0 spiro atoms. The van der Waals surface area contributed by atoms with E-state index in [-0.39, 0.29) is 12.5 Å². The van der Waals surface area contributed by atoms with Crippen LogP contribution in [0.2, 0.25) is 0 Å². The first kappa shape index (κ1) is 10.8. The monoisotopic (exact) mass is 195 g/mol. The van der Waals surface area contributed by atoms with Gasteiger partial charge in [-0.2, -0.15) is 13.2 Å². The van der Waals surface area contributed by atoms with E-state index in [9.17, 15) is 13.2 Å². The van der Waals surface area contributed by atoms with Crippen molar-refractivity contribution in [2.45, 2.75) is 44.8 Å². The van der Waals surface area contributed by atoms with Crippen molar-refractivity contribution in [3.05, 3.63) is 0 Å². The van der Waals surface area contributed by atoms with Gasteiger partial charge in [-0.05, 0) is 25.8 Å². The fourth-order valence-corrected chi connectivity index (χ4v) is 1.69. The largest absolute Gasteiger partial charge is 0.391 e. The summed E-state index contributed by atoms with van der Waals surface area (Å²) in [5, 5.41) is 3.12. The van der Waals surface area contributed by atoms with Crippen molar-refractivity contribution in [2.75, 3.05) is 6.54 Å². The summed E-state index contributed by atoms with van der Waals surface area (Å²) in [7, 11) is 0. The van der Waals surface area contributed by atoms with Crippen LogP contribution in [-0.4, -0.2) is 18.8 Å². The highest BCUT2D eigenvalue weighted by atomic mass is 19.4. The molecule has 0 bridgehead atoms. The minimum absolute atomic E-state index is 0.0744. The molecule has 0 aromatic carbocycles. The predicted octanol–water partition coefficient (Wildman–Crippen LogP) is 2.72. The zero-order valence-corrected chi connectivity index (χ0v) is 7.82. The second-order valence-corrected chi connectivity index (χ2v) is 3.83. The van der Waals surface area contributed by atoms with Crippen LogP contribution in [0.15, 0.2) is 0 Å². The highest BCUT2D eigenvalue weighted by Crippen LogP contribution is 2.30. The van der Waals surface area contributed by atoms with Crippen molar-refractivity contribution in [1.29, 1.82) is 0 Å². The fourth-order valence-electron chi connectivity index (χ4n) is 1.69. The summed E-state index contributed by atoms with van der Waals surface area (Å²) in [6.07, 6.45) is -0.762. The number of rotatable bonds is 2. The van der Waals surface area contributed by atoms with Crippen LogP contribution in [0.1, 0.15) is 32.6 Å². The molecule has 0 aliphatic carbocycles. The third-order valence-electron chi connectivity index (χ3n) is 2.61. The van der Waals surface area contributed by atoms with Gasteiger partial charge in [0.15, 0.2) is 0 Å². The minimum Gasteiger partial charge on any atom is -0.314 e. The Morgan fingerprint density at radius 1 is 1.38 bits per heavy atom. The van der Waals surface area contributed by atoms with Crippen molar-refractivity contribution in [1.82, 2.24) is 5.32 Å². The molecule has 0 radical (unpaired) electrons. The van der Waals surface area contributed by atoms with E-state index < -0.39 is 12.1 Å². The molecule has 78 valence electrons. The van der Waals surface area contributed by atoms with Gasteiger partial charge in [0.25, 0.3) is 0 Å². The highest BCUT2D eigenvalue weighted by Gasteiger charge is 2.37. The molecule has 1 aliphatic heterocycles. The average Bonchev–Trinajstić information content (AvgIpc) is 2.04. The van der Waals surface area contributed by atoms with Crippen LogP contribution < -0.4 is 5.32 Å². The quantitative estimate of drug-likeness (QED) is 0.714. The number of hydrogen-bond acceptors (Lipinski definition) is 1. The first-order chi connectivity index (χ1) is 6.00. The molecule has 1 heterocycles.